The van der Waals surface area contributed by atoms with Gasteiger partial charge < -0.3 is 0 Å². The third-order valence-corrected chi connectivity index (χ3v) is 6.49. The van der Waals surface area contributed by atoms with E-state index in [0.717, 1.165) is 55.9 Å². The first-order valence-electron chi connectivity index (χ1n) is 10.8. The van der Waals surface area contributed by atoms with Crippen molar-refractivity contribution in [2.45, 2.75) is 104 Å². The van der Waals surface area contributed by atoms with Gasteiger partial charge in [-0.2, -0.15) is 0 Å². The molecule has 2 aliphatic rings. The predicted molar refractivity (Wildman–Crippen MR) is 105 cm³/mol. The number of carbonyl (C=O) groups excluding carboxylic acids is 2. The number of hydrogen-bond donors (Lipinski definition) is 0. The van der Waals surface area contributed by atoms with Crippen LogP contribution in [0.3, 0.4) is 0 Å². The van der Waals surface area contributed by atoms with Crippen LogP contribution in [0.15, 0.2) is 11.6 Å². The number of ketones is 2. The number of carbonyl (C=O) groups is 2. The molecule has 3 atom stereocenters. The fraction of sp³-hybridized carbons (Fsp3) is 0.826. The Labute approximate surface area is 154 Å². The van der Waals surface area contributed by atoms with Gasteiger partial charge in [-0.05, 0) is 56.4 Å². The first kappa shape index (κ1) is 20.4. The molecule has 2 heteroatoms. The molecule has 2 rings (SSSR count). The van der Waals surface area contributed by atoms with Crippen molar-refractivity contribution < 1.29 is 9.59 Å². The van der Waals surface area contributed by atoms with E-state index in [4.69, 9.17) is 0 Å². The topological polar surface area (TPSA) is 34.1 Å². The molecule has 0 heterocycles. The minimum Gasteiger partial charge on any atom is -0.299 e. The first-order chi connectivity index (χ1) is 12.1. The van der Waals surface area contributed by atoms with Crippen LogP contribution in [0.1, 0.15) is 104 Å². The second-order valence-corrected chi connectivity index (χ2v) is 8.44. The number of allylic oxidation sites excluding steroid dienone is 2. The van der Waals surface area contributed by atoms with Crippen molar-refractivity contribution in [3.8, 4) is 0 Å². The van der Waals surface area contributed by atoms with Gasteiger partial charge in [0, 0.05) is 18.8 Å². The Morgan fingerprint density at radius 3 is 2.36 bits per heavy atom. The van der Waals surface area contributed by atoms with Crippen molar-refractivity contribution in [1.29, 1.82) is 0 Å². The molecule has 0 amide bonds. The minimum atomic E-state index is 0.264. The van der Waals surface area contributed by atoms with Crippen LogP contribution in [0.4, 0.5) is 0 Å². The zero-order valence-electron chi connectivity index (χ0n) is 16.5. The van der Waals surface area contributed by atoms with E-state index in [2.05, 4.69) is 13.0 Å². The Hall–Kier alpha value is -0.920. The summed E-state index contributed by atoms with van der Waals surface area (Å²) < 4.78 is 0. The molecule has 0 N–H and O–H groups in total. The Balaban J connectivity index is 1.68. The van der Waals surface area contributed by atoms with Crippen molar-refractivity contribution in [1.82, 2.24) is 0 Å². The Morgan fingerprint density at radius 1 is 0.920 bits per heavy atom. The van der Waals surface area contributed by atoms with Gasteiger partial charge in [-0.1, -0.05) is 57.9 Å². The van der Waals surface area contributed by atoms with E-state index in [-0.39, 0.29) is 5.78 Å². The molecule has 142 valence electrons. The lowest BCUT2D eigenvalue weighted by Crippen LogP contribution is -2.22. The molecule has 2 nitrogen and oxygen atoms in total. The number of rotatable bonds is 9. The van der Waals surface area contributed by atoms with Crippen LogP contribution in [-0.4, -0.2) is 11.6 Å². The van der Waals surface area contributed by atoms with Crippen LogP contribution in [0.25, 0.3) is 0 Å². The summed E-state index contributed by atoms with van der Waals surface area (Å²) in [7, 11) is 0. The molecule has 2 saturated carbocycles. The summed E-state index contributed by atoms with van der Waals surface area (Å²) in [5.41, 5.74) is 0.903. The van der Waals surface area contributed by atoms with Crippen molar-refractivity contribution in [2.75, 3.05) is 0 Å². The molecule has 0 aliphatic heterocycles. The van der Waals surface area contributed by atoms with Crippen molar-refractivity contribution in [3.63, 3.8) is 0 Å². The summed E-state index contributed by atoms with van der Waals surface area (Å²) in [5.74, 6) is 2.78. The van der Waals surface area contributed by atoms with Gasteiger partial charge in [0.1, 0.15) is 5.78 Å². The van der Waals surface area contributed by atoms with Gasteiger partial charge in [0.15, 0.2) is 5.78 Å². The third-order valence-electron chi connectivity index (χ3n) is 6.49. The highest BCUT2D eigenvalue weighted by Gasteiger charge is 2.32. The van der Waals surface area contributed by atoms with Crippen molar-refractivity contribution >= 4 is 11.6 Å². The van der Waals surface area contributed by atoms with Gasteiger partial charge in [0.05, 0.1) is 0 Å². The van der Waals surface area contributed by atoms with Crippen LogP contribution < -0.4 is 0 Å². The smallest absolute Gasteiger partial charge is 0.158 e. The van der Waals surface area contributed by atoms with Gasteiger partial charge in [0.25, 0.3) is 0 Å². The van der Waals surface area contributed by atoms with Crippen LogP contribution in [-0.2, 0) is 9.59 Å². The third kappa shape index (κ3) is 6.72. The standard InChI is InChI=1S/C23H38O2/c1-3-4-10-18(2)22(24)15-7-8-16-23(25)21-14-9-13-19-11-5-6-12-20(19)17-21/h10,19-21H,3-9,11-17H2,1-2H3. The SMILES string of the molecule is CCCC=C(C)C(=O)CCCCC(=O)C1CCCC2CCCCC2C1. The van der Waals surface area contributed by atoms with E-state index >= 15 is 0 Å². The number of fused-ring (bicyclic) bond motifs is 1. The summed E-state index contributed by atoms with van der Waals surface area (Å²) in [6, 6.07) is 0. The van der Waals surface area contributed by atoms with E-state index < -0.39 is 0 Å². The van der Waals surface area contributed by atoms with Gasteiger partial charge in [-0.3, -0.25) is 9.59 Å². The maximum atomic E-state index is 12.6. The largest absolute Gasteiger partial charge is 0.299 e. The summed E-state index contributed by atoms with van der Waals surface area (Å²) in [6.45, 7) is 4.05. The zero-order chi connectivity index (χ0) is 18.1. The highest BCUT2D eigenvalue weighted by molar-refractivity contribution is 5.94. The zero-order valence-corrected chi connectivity index (χ0v) is 16.5. The van der Waals surface area contributed by atoms with E-state index in [1.165, 1.54) is 38.5 Å². The average Bonchev–Trinajstić information content (AvgIpc) is 2.85. The molecule has 0 aromatic heterocycles. The van der Waals surface area contributed by atoms with Crippen LogP contribution in [0.2, 0.25) is 0 Å². The van der Waals surface area contributed by atoms with Gasteiger partial charge >= 0.3 is 0 Å². The maximum absolute atomic E-state index is 12.6. The summed E-state index contributed by atoms with van der Waals surface area (Å²) in [5, 5.41) is 0. The second-order valence-electron chi connectivity index (χ2n) is 8.44. The normalized spacial score (nSPS) is 27.4. The lowest BCUT2D eigenvalue weighted by Gasteiger charge is -2.30. The number of hydrogen-bond acceptors (Lipinski definition) is 2. The molecule has 25 heavy (non-hydrogen) atoms. The number of unbranched alkanes of at least 4 members (excludes halogenated alkanes) is 2. The fourth-order valence-corrected chi connectivity index (χ4v) is 4.84. The molecule has 0 aromatic carbocycles. The molecule has 0 spiro atoms. The maximum Gasteiger partial charge on any atom is 0.158 e. The van der Waals surface area contributed by atoms with Crippen LogP contribution in [0.5, 0.6) is 0 Å². The molecule has 0 aromatic rings. The summed E-state index contributed by atoms with van der Waals surface area (Å²) in [6.07, 6.45) is 17.6. The molecule has 0 radical (unpaired) electrons. The Morgan fingerprint density at radius 2 is 1.60 bits per heavy atom. The minimum absolute atomic E-state index is 0.264. The Bertz CT molecular complexity index is 463. The van der Waals surface area contributed by atoms with E-state index in [1.807, 2.05) is 6.92 Å². The lowest BCUT2D eigenvalue weighted by molar-refractivity contribution is -0.124. The van der Waals surface area contributed by atoms with Gasteiger partial charge in [0.2, 0.25) is 0 Å². The molecular formula is C23H38O2. The summed E-state index contributed by atoms with van der Waals surface area (Å²) >= 11 is 0. The average molecular weight is 347 g/mol. The fourth-order valence-electron chi connectivity index (χ4n) is 4.84. The van der Waals surface area contributed by atoms with Gasteiger partial charge in [-0.15, -0.1) is 0 Å². The lowest BCUT2D eigenvalue weighted by atomic mass is 9.75. The molecule has 0 saturated heterocycles. The molecular weight excluding hydrogens is 308 g/mol. The van der Waals surface area contributed by atoms with E-state index in [1.54, 1.807) is 0 Å². The van der Waals surface area contributed by atoms with E-state index in [9.17, 15) is 9.59 Å². The molecule has 2 aliphatic carbocycles. The monoisotopic (exact) mass is 346 g/mol. The van der Waals surface area contributed by atoms with Crippen molar-refractivity contribution in [2.24, 2.45) is 17.8 Å². The predicted octanol–water partition coefficient (Wildman–Crippen LogP) is 6.43. The van der Waals surface area contributed by atoms with Crippen molar-refractivity contribution in [3.05, 3.63) is 11.6 Å². The quantitative estimate of drug-likeness (QED) is 0.356. The highest BCUT2D eigenvalue weighted by Crippen LogP contribution is 2.41. The van der Waals surface area contributed by atoms with Gasteiger partial charge in [-0.25, -0.2) is 0 Å². The van der Waals surface area contributed by atoms with Crippen LogP contribution >= 0.6 is 0 Å². The van der Waals surface area contributed by atoms with Crippen LogP contribution in [0, 0.1) is 17.8 Å². The highest BCUT2D eigenvalue weighted by atomic mass is 16.1. The molecule has 0 bridgehead atoms. The summed E-state index contributed by atoms with van der Waals surface area (Å²) in [4.78, 5) is 24.7. The number of Topliss-reactive ketones (excluding diaryl/α,β-unsaturated/α-hetero) is 2. The Kier molecular flexibility index (Phi) is 8.92. The molecule has 3 unspecified atom stereocenters. The molecule has 2 fully saturated rings. The second kappa shape index (κ2) is 10.9. The first-order valence-corrected chi connectivity index (χ1v) is 10.8. The van der Waals surface area contributed by atoms with E-state index in [0.29, 0.717) is 24.5 Å².